The third-order valence-electron chi connectivity index (χ3n) is 3.36. The number of fused-ring (bicyclic) bond motifs is 1. The van der Waals surface area contributed by atoms with E-state index in [1.165, 1.54) is 16.7 Å². The molecule has 1 aliphatic rings. The first-order valence-corrected chi connectivity index (χ1v) is 6.33. The van der Waals surface area contributed by atoms with E-state index >= 15 is 0 Å². The van der Waals surface area contributed by atoms with Crippen LogP contribution in [0.3, 0.4) is 0 Å². The molecular formula is C15H18N2O. The summed E-state index contributed by atoms with van der Waals surface area (Å²) in [4.78, 5) is 2.27. The Kier molecular flexibility index (Phi) is 3.17. The number of nitrogens with one attached hydrogen (secondary N) is 1. The Hall–Kier alpha value is -1.58. The van der Waals surface area contributed by atoms with Crippen LogP contribution in [0.4, 0.5) is 0 Å². The van der Waals surface area contributed by atoms with Crippen molar-refractivity contribution in [3.8, 4) is 0 Å². The van der Waals surface area contributed by atoms with Crippen molar-refractivity contribution in [2.75, 3.05) is 7.05 Å². The van der Waals surface area contributed by atoms with Gasteiger partial charge in [0.2, 0.25) is 0 Å². The van der Waals surface area contributed by atoms with Crippen molar-refractivity contribution in [2.45, 2.75) is 26.2 Å². The molecule has 0 radical (unpaired) electrons. The largest absolute Gasteiger partial charge is 0.468 e. The van der Waals surface area contributed by atoms with Crippen molar-refractivity contribution in [3.05, 3.63) is 59.0 Å². The van der Waals surface area contributed by atoms with E-state index in [4.69, 9.17) is 4.42 Å². The summed E-state index contributed by atoms with van der Waals surface area (Å²) in [6, 6.07) is 10.7. The SMILES string of the molecule is CN(Cc1ccc2c(c1)CNC2)Cc1ccco1. The molecule has 0 unspecified atom stereocenters. The van der Waals surface area contributed by atoms with Gasteiger partial charge in [-0.05, 0) is 35.9 Å². The van der Waals surface area contributed by atoms with Gasteiger partial charge in [0, 0.05) is 19.6 Å². The predicted molar refractivity (Wildman–Crippen MR) is 70.9 cm³/mol. The van der Waals surface area contributed by atoms with Crippen LogP contribution in [0.2, 0.25) is 0 Å². The molecule has 0 aliphatic carbocycles. The highest BCUT2D eigenvalue weighted by Crippen LogP contribution is 2.18. The first kappa shape index (κ1) is 11.5. The van der Waals surface area contributed by atoms with Crippen molar-refractivity contribution >= 4 is 0 Å². The van der Waals surface area contributed by atoms with Gasteiger partial charge in [-0.3, -0.25) is 4.90 Å². The molecule has 0 saturated carbocycles. The summed E-state index contributed by atoms with van der Waals surface area (Å²) in [7, 11) is 2.12. The third kappa shape index (κ3) is 2.47. The number of rotatable bonds is 4. The highest BCUT2D eigenvalue weighted by atomic mass is 16.3. The lowest BCUT2D eigenvalue weighted by atomic mass is 10.1. The molecule has 0 amide bonds. The molecule has 18 heavy (non-hydrogen) atoms. The van der Waals surface area contributed by atoms with E-state index in [2.05, 4.69) is 35.5 Å². The second-order valence-electron chi connectivity index (χ2n) is 4.96. The summed E-state index contributed by atoms with van der Waals surface area (Å²) < 4.78 is 5.36. The average molecular weight is 242 g/mol. The molecule has 3 rings (SSSR count). The van der Waals surface area contributed by atoms with E-state index in [0.29, 0.717) is 0 Å². The summed E-state index contributed by atoms with van der Waals surface area (Å²) in [5.74, 6) is 1.01. The second kappa shape index (κ2) is 4.96. The summed E-state index contributed by atoms with van der Waals surface area (Å²) in [5.41, 5.74) is 4.25. The van der Waals surface area contributed by atoms with Gasteiger partial charge in [-0.1, -0.05) is 18.2 Å². The molecule has 3 nitrogen and oxygen atoms in total. The van der Waals surface area contributed by atoms with Crippen molar-refractivity contribution < 1.29 is 4.42 Å². The average Bonchev–Trinajstić information content (AvgIpc) is 2.98. The summed E-state index contributed by atoms with van der Waals surface area (Å²) in [6.07, 6.45) is 1.73. The van der Waals surface area contributed by atoms with E-state index in [1.807, 2.05) is 12.1 Å². The molecule has 0 saturated heterocycles. The van der Waals surface area contributed by atoms with Crippen molar-refractivity contribution in [1.29, 1.82) is 0 Å². The van der Waals surface area contributed by atoms with Crippen LogP contribution >= 0.6 is 0 Å². The quantitative estimate of drug-likeness (QED) is 0.893. The van der Waals surface area contributed by atoms with Crippen LogP contribution in [0.25, 0.3) is 0 Å². The predicted octanol–water partition coefficient (Wildman–Crippen LogP) is 2.51. The van der Waals surface area contributed by atoms with E-state index in [1.54, 1.807) is 6.26 Å². The normalized spacial score (nSPS) is 14.1. The van der Waals surface area contributed by atoms with Crippen LogP contribution in [0.5, 0.6) is 0 Å². The molecule has 1 aromatic heterocycles. The minimum absolute atomic E-state index is 0.850. The van der Waals surface area contributed by atoms with Gasteiger partial charge >= 0.3 is 0 Å². The van der Waals surface area contributed by atoms with Crippen molar-refractivity contribution in [2.24, 2.45) is 0 Å². The summed E-state index contributed by atoms with van der Waals surface area (Å²) in [6.45, 7) is 3.82. The summed E-state index contributed by atoms with van der Waals surface area (Å²) >= 11 is 0. The number of furan rings is 1. The van der Waals surface area contributed by atoms with Gasteiger partial charge in [0.1, 0.15) is 5.76 Å². The molecule has 1 aromatic carbocycles. The molecule has 94 valence electrons. The van der Waals surface area contributed by atoms with Crippen LogP contribution < -0.4 is 5.32 Å². The zero-order valence-corrected chi connectivity index (χ0v) is 10.6. The smallest absolute Gasteiger partial charge is 0.117 e. The van der Waals surface area contributed by atoms with Crippen LogP contribution in [0.15, 0.2) is 41.0 Å². The Balaban J connectivity index is 1.65. The molecule has 0 bridgehead atoms. The first-order chi connectivity index (χ1) is 8.81. The molecule has 2 aromatic rings. The lowest BCUT2D eigenvalue weighted by molar-refractivity contribution is 0.288. The van der Waals surface area contributed by atoms with E-state index in [-0.39, 0.29) is 0 Å². The maximum atomic E-state index is 5.36. The van der Waals surface area contributed by atoms with Gasteiger partial charge in [-0.25, -0.2) is 0 Å². The topological polar surface area (TPSA) is 28.4 Å². The fraction of sp³-hybridized carbons (Fsp3) is 0.333. The molecule has 0 spiro atoms. The number of benzene rings is 1. The number of nitrogens with zero attached hydrogens (tertiary/aromatic N) is 1. The Labute approximate surface area is 107 Å². The highest BCUT2D eigenvalue weighted by molar-refractivity contribution is 5.34. The molecule has 2 heterocycles. The highest BCUT2D eigenvalue weighted by Gasteiger charge is 2.11. The van der Waals surface area contributed by atoms with Crippen LogP contribution in [-0.2, 0) is 26.2 Å². The Morgan fingerprint density at radius 3 is 2.89 bits per heavy atom. The zero-order chi connectivity index (χ0) is 12.4. The minimum atomic E-state index is 0.850. The minimum Gasteiger partial charge on any atom is -0.468 e. The molecule has 3 heteroatoms. The van der Waals surface area contributed by atoms with Crippen LogP contribution in [0.1, 0.15) is 22.5 Å². The van der Waals surface area contributed by atoms with Gasteiger partial charge in [-0.2, -0.15) is 0 Å². The maximum absolute atomic E-state index is 5.36. The molecular weight excluding hydrogens is 224 g/mol. The van der Waals surface area contributed by atoms with Crippen molar-refractivity contribution in [3.63, 3.8) is 0 Å². The van der Waals surface area contributed by atoms with Crippen LogP contribution in [-0.4, -0.2) is 11.9 Å². The fourth-order valence-electron chi connectivity index (χ4n) is 2.48. The Morgan fingerprint density at radius 2 is 2.06 bits per heavy atom. The lowest BCUT2D eigenvalue weighted by Gasteiger charge is -2.15. The van der Waals surface area contributed by atoms with Gasteiger partial charge in [-0.15, -0.1) is 0 Å². The first-order valence-electron chi connectivity index (χ1n) is 6.33. The number of hydrogen-bond acceptors (Lipinski definition) is 3. The Morgan fingerprint density at radius 1 is 1.17 bits per heavy atom. The second-order valence-corrected chi connectivity index (χ2v) is 4.96. The number of hydrogen-bond donors (Lipinski definition) is 1. The van der Waals surface area contributed by atoms with E-state index in [0.717, 1.165) is 31.9 Å². The van der Waals surface area contributed by atoms with Crippen molar-refractivity contribution in [1.82, 2.24) is 10.2 Å². The molecule has 0 atom stereocenters. The third-order valence-corrected chi connectivity index (χ3v) is 3.36. The van der Waals surface area contributed by atoms with Gasteiger partial charge in [0.15, 0.2) is 0 Å². The van der Waals surface area contributed by atoms with Gasteiger partial charge < -0.3 is 9.73 Å². The monoisotopic (exact) mass is 242 g/mol. The van der Waals surface area contributed by atoms with E-state index < -0.39 is 0 Å². The summed E-state index contributed by atoms with van der Waals surface area (Å²) in [5, 5.41) is 3.38. The van der Waals surface area contributed by atoms with Crippen LogP contribution in [0, 0.1) is 0 Å². The standard InChI is InChI=1S/C15H18N2O/c1-17(11-15-3-2-6-18-15)10-12-4-5-13-8-16-9-14(13)7-12/h2-7,16H,8-11H2,1H3. The maximum Gasteiger partial charge on any atom is 0.117 e. The molecule has 1 aliphatic heterocycles. The molecule has 1 N–H and O–H groups in total. The molecule has 0 fully saturated rings. The van der Waals surface area contributed by atoms with Gasteiger partial charge in [0.05, 0.1) is 12.8 Å². The lowest BCUT2D eigenvalue weighted by Crippen LogP contribution is -2.16. The van der Waals surface area contributed by atoms with E-state index in [9.17, 15) is 0 Å². The Bertz CT molecular complexity index is 519. The fourth-order valence-corrected chi connectivity index (χ4v) is 2.48. The van der Waals surface area contributed by atoms with Gasteiger partial charge in [0.25, 0.3) is 0 Å². The zero-order valence-electron chi connectivity index (χ0n) is 10.6.